The molecule has 2 amide bonds. The van der Waals surface area contributed by atoms with E-state index >= 15 is 0 Å². The Labute approximate surface area is 168 Å². The average Bonchev–Trinajstić information content (AvgIpc) is 3.43. The molecule has 1 fully saturated rings. The van der Waals surface area contributed by atoms with Crippen LogP contribution in [0.3, 0.4) is 0 Å². The zero-order valence-corrected chi connectivity index (χ0v) is 16.5. The van der Waals surface area contributed by atoms with Crippen LogP contribution in [0.15, 0.2) is 41.0 Å². The minimum absolute atomic E-state index is 0.167. The molecule has 2 N–H and O–H groups in total. The van der Waals surface area contributed by atoms with E-state index < -0.39 is 0 Å². The van der Waals surface area contributed by atoms with Gasteiger partial charge in [0.1, 0.15) is 17.5 Å². The first-order valence-corrected chi connectivity index (χ1v) is 9.73. The van der Waals surface area contributed by atoms with Gasteiger partial charge in [-0.15, -0.1) is 0 Å². The summed E-state index contributed by atoms with van der Waals surface area (Å²) in [6.07, 6.45) is 2.69. The number of aryl methyl sites for hydroxylation is 2. The fraction of sp³-hybridized carbons (Fsp3) is 0.381. The van der Waals surface area contributed by atoms with Gasteiger partial charge in [0.2, 0.25) is 0 Å². The highest BCUT2D eigenvalue weighted by Gasteiger charge is 2.37. The summed E-state index contributed by atoms with van der Waals surface area (Å²) in [5, 5.41) is 17.8. The van der Waals surface area contributed by atoms with Crippen molar-refractivity contribution in [2.45, 2.75) is 31.8 Å². The molecular formula is C21H24N4O4. The van der Waals surface area contributed by atoms with Crippen LogP contribution in [-0.2, 0) is 13.5 Å². The highest BCUT2D eigenvalue weighted by Crippen LogP contribution is 2.26. The second-order valence-electron chi connectivity index (χ2n) is 7.34. The second kappa shape index (κ2) is 7.71. The lowest BCUT2D eigenvalue weighted by Gasteiger charge is -2.22. The smallest absolute Gasteiger partial charge is 0.269 e. The van der Waals surface area contributed by atoms with Crippen LogP contribution in [0.5, 0.6) is 0 Å². The van der Waals surface area contributed by atoms with Crippen LogP contribution in [0.4, 0.5) is 0 Å². The van der Waals surface area contributed by atoms with Crippen LogP contribution in [0.2, 0.25) is 0 Å². The van der Waals surface area contributed by atoms with Crippen LogP contribution in [0.25, 0.3) is 11.0 Å². The quantitative estimate of drug-likeness (QED) is 0.684. The maximum Gasteiger partial charge on any atom is 0.269 e. The summed E-state index contributed by atoms with van der Waals surface area (Å²) in [6.45, 7) is 2.14. The average molecular weight is 396 g/mol. The first kappa shape index (κ1) is 19.2. The Morgan fingerprint density at radius 2 is 2.14 bits per heavy atom. The van der Waals surface area contributed by atoms with E-state index in [2.05, 4.69) is 10.4 Å². The highest BCUT2D eigenvalue weighted by atomic mass is 16.3. The van der Waals surface area contributed by atoms with Crippen LogP contribution in [0.1, 0.15) is 39.9 Å². The zero-order valence-electron chi connectivity index (χ0n) is 16.5. The van der Waals surface area contributed by atoms with E-state index in [-0.39, 0.29) is 30.5 Å². The van der Waals surface area contributed by atoms with Crippen LogP contribution in [0, 0.1) is 0 Å². The predicted octanol–water partition coefficient (Wildman–Crippen LogP) is 1.73. The normalized spacial score (nSPS) is 19.1. The molecule has 2 aromatic heterocycles. The van der Waals surface area contributed by atoms with Gasteiger partial charge < -0.3 is 19.7 Å². The van der Waals surface area contributed by atoms with Crippen molar-refractivity contribution in [3.8, 4) is 0 Å². The van der Waals surface area contributed by atoms with Gasteiger partial charge in [-0.25, -0.2) is 0 Å². The van der Waals surface area contributed by atoms with Gasteiger partial charge in [0.05, 0.1) is 23.9 Å². The van der Waals surface area contributed by atoms with Crippen molar-refractivity contribution in [2.24, 2.45) is 7.05 Å². The lowest BCUT2D eigenvalue weighted by Crippen LogP contribution is -2.40. The molecule has 0 radical (unpaired) electrons. The van der Waals surface area contributed by atoms with Crippen molar-refractivity contribution >= 4 is 22.8 Å². The molecule has 0 unspecified atom stereocenters. The molecule has 4 rings (SSSR count). The third kappa shape index (κ3) is 3.51. The van der Waals surface area contributed by atoms with E-state index in [0.717, 1.165) is 17.5 Å². The van der Waals surface area contributed by atoms with Crippen molar-refractivity contribution in [1.82, 2.24) is 20.0 Å². The molecule has 3 aromatic rings. The number of carbonyl (C=O) groups excluding carboxylic acids is 2. The van der Waals surface area contributed by atoms with Crippen molar-refractivity contribution in [3.63, 3.8) is 0 Å². The molecule has 2 atom stereocenters. The van der Waals surface area contributed by atoms with Gasteiger partial charge in [0.25, 0.3) is 11.8 Å². The Hall–Kier alpha value is -3.13. The number of likely N-dealkylation sites (tertiary alicyclic amines) is 1. The fourth-order valence-corrected chi connectivity index (χ4v) is 3.91. The molecule has 0 spiro atoms. The topological polar surface area (TPSA) is 101 Å². The first-order valence-electron chi connectivity index (χ1n) is 9.73. The van der Waals surface area contributed by atoms with Crippen molar-refractivity contribution < 1.29 is 19.1 Å². The minimum Gasteiger partial charge on any atom is -0.463 e. The van der Waals surface area contributed by atoms with E-state index in [9.17, 15) is 14.7 Å². The highest BCUT2D eigenvalue weighted by molar-refractivity contribution is 6.06. The first-order chi connectivity index (χ1) is 14.0. The third-order valence-corrected chi connectivity index (χ3v) is 5.46. The summed E-state index contributed by atoms with van der Waals surface area (Å²) in [7, 11) is 1.74. The van der Waals surface area contributed by atoms with E-state index in [1.54, 1.807) is 28.8 Å². The maximum absolute atomic E-state index is 13.1. The molecule has 29 heavy (non-hydrogen) atoms. The van der Waals surface area contributed by atoms with Crippen LogP contribution < -0.4 is 5.32 Å². The number of carbonyl (C=O) groups is 2. The van der Waals surface area contributed by atoms with Crippen LogP contribution in [-0.4, -0.2) is 56.8 Å². The molecule has 1 saturated heterocycles. The number of aliphatic hydroxyl groups excluding tert-OH is 1. The van der Waals surface area contributed by atoms with Crippen LogP contribution >= 0.6 is 0 Å². The van der Waals surface area contributed by atoms with Gasteiger partial charge in [-0.2, -0.15) is 5.10 Å². The Morgan fingerprint density at radius 1 is 1.34 bits per heavy atom. The molecule has 0 aliphatic carbocycles. The molecule has 3 heterocycles. The molecule has 1 aromatic carbocycles. The number of hydrogen-bond acceptors (Lipinski definition) is 5. The zero-order chi connectivity index (χ0) is 20.5. The van der Waals surface area contributed by atoms with Gasteiger partial charge >= 0.3 is 0 Å². The Balaban J connectivity index is 1.50. The number of benzene rings is 1. The van der Waals surface area contributed by atoms with Crippen molar-refractivity contribution in [1.29, 1.82) is 0 Å². The number of rotatable bonds is 5. The van der Waals surface area contributed by atoms with Crippen molar-refractivity contribution in [3.05, 3.63) is 53.5 Å². The molecule has 8 nitrogen and oxygen atoms in total. The van der Waals surface area contributed by atoms with Gasteiger partial charge in [0.15, 0.2) is 0 Å². The summed E-state index contributed by atoms with van der Waals surface area (Å²) in [6, 6.07) is 8.50. The van der Waals surface area contributed by atoms with Gasteiger partial charge in [-0.1, -0.05) is 25.1 Å². The van der Waals surface area contributed by atoms with E-state index in [1.165, 1.54) is 6.26 Å². The summed E-state index contributed by atoms with van der Waals surface area (Å²) in [5.74, 6) is -0.441. The number of nitrogens with zero attached hydrogens (tertiary/aromatic N) is 3. The van der Waals surface area contributed by atoms with Gasteiger partial charge in [-0.3, -0.25) is 14.3 Å². The number of aromatic nitrogens is 2. The molecule has 0 saturated carbocycles. The standard InChI is InChI=1S/C21H24N4O4/c1-3-13-9-18(24(2)23-13)20(27)22-14-8-15(11-26)25(10-14)21(28)17-12-29-19-7-5-4-6-16(17)19/h4-7,9,12,14-15,26H,3,8,10-11H2,1-2H3,(H,22,27)/t14-,15+/m1/s1. The Kier molecular flexibility index (Phi) is 5.10. The minimum atomic E-state index is -0.362. The van der Waals surface area contributed by atoms with E-state index in [4.69, 9.17) is 4.42 Å². The predicted molar refractivity (Wildman–Crippen MR) is 107 cm³/mol. The molecule has 1 aliphatic rings. The lowest BCUT2D eigenvalue weighted by atomic mass is 10.1. The van der Waals surface area contributed by atoms with E-state index in [0.29, 0.717) is 29.8 Å². The summed E-state index contributed by atoms with van der Waals surface area (Å²) in [5.41, 5.74) is 2.43. The molecule has 0 bridgehead atoms. The number of nitrogens with one attached hydrogen (secondary N) is 1. The summed E-state index contributed by atoms with van der Waals surface area (Å²) < 4.78 is 7.05. The third-order valence-electron chi connectivity index (χ3n) is 5.46. The Bertz CT molecular complexity index is 1050. The lowest BCUT2D eigenvalue weighted by molar-refractivity contribution is 0.0675. The SMILES string of the molecule is CCc1cc(C(=O)N[C@@H]2C[C@@H](CO)N(C(=O)c3coc4ccccc34)C2)n(C)n1. The van der Waals surface area contributed by atoms with Gasteiger partial charge in [0, 0.05) is 25.0 Å². The number of hydrogen-bond donors (Lipinski definition) is 2. The van der Waals surface area contributed by atoms with Crippen molar-refractivity contribution in [2.75, 3.05) is 13.2 Å². The molecule has 8 heteroatoms. The maximum atomic E-state index is 13.1. The largest absolute Gasteiger partial charge is 0.463 e. The molecule has 152 valence electrons. The fourth-order valence-electron chi connectivity index (χ4n) is 3.91. The number of aliphatic hydroxyl groups is 1. The number of amides is 2. The Morgan fingerprint density at radius 3 is 2.86 bits per heavy atom. The molecule has 1 aliphatic heterocycles. The summed E-state index contributed by atoms with van der Waals surface area (Å²) >= 11 is 0. The number of furan rings is 1. The summed E-state index contributed by atoms with van der Waals surface area (Å²) in [4.78, 5) is 27.4. The number of para-hydroxylation sites is 1. The van der Waals surface area contributed by atoms with E-state index in [1.807, 2.05) is 25.1 Å². The number of fused-ring (bicyclic) bond motifs is 1. The van der Waals surface area contributed by atoms with Gasteiger partial charge in [-0.05, 0) is 25.0 Å². The second-order valence-corrected chi connectivity index (χ2v) is 7.34. The monoisotopic (exact) mass is 396 g/mol. The molecular weight excluding hydrogens is 372 g/mol.